The Bertz CT molecular complexity index is 915. The van der Waals surface area contributed by atoms with Crippen molar-refractivity contribution < 1.29 is 28.5 Å². The second-order valence-corrected chi connectivity index (χ2v) is 7.15. The minimum Gasteiger partial charge on any atom is -0.493 e. The lowest BCUT2D eigenvalue weighted by molar-refractivity contribution is 0.0521. The highest BCUT2D eigenvalue weighted by Gasteiger charge is 2.27. The zero-order valence-corrected chi connectivity index (χ0v) is 18.3. The summed E-state index contributed by atoms with van der Waals surface area (Å²) >= 11 is 0. The van der Waals surface area contributed by atoms with E-state index < -0.39 is 5.97 Å². The fourth-order valence-corrected chi connectivity index (χ4v) is 3.54. The van der Waals surface area contributed by atoms with Gasteiger partial charge in [0, 0.05) is 25.9 Å². The van der Waals surface area contributed by atoms with Crippen LogP contribution in [0.1, 0.15) is 46.3 Å². The second-order valence-electron chi connectivity index (χ2n) is 7.15. The number of methoxy groups -OCH3 is 2. The molecule has 0 atom stereocenters. The van der Waals surface area contributed by atoms with Crippen LogP contribution >= 0.6 is 0 Å². The molecule has 31 heavy (non-hydrogen) atoms. The van der Waals surface area contributed by atoms with Crippen LogP contribution in [0.4, 0.5) is 0 Å². The predicted molar refractivity (Wildman–Crippen MR) is 114 cm³/mol. The molecule has 0 bridgehead atoms. The van der Waals surface area contributed by atoms with Crippen LogP contribution in [-0.4, -0.2) is 61.8 Å². The molecule has 3 rings (SSSR count). The maximum absolute atomic E-state index is 12.9. The number of hydrogen-bond donors (Lipinski definition) is 0. The van der Waals surface area contributed by atoms with Crippen molar-refractivity contribution in [3.05, 3.63) is 47.3 Å². The molecule has 0 spiro atoms. The number of pyridine rings is 1. The monoisotopic (exact) mass is 428 g/mol. The van der Waals surface area contributed by atoms with Gasteiger partial charge < -0.3 is 23.8 Å². The number of hydrogen-bond acceptors (Lipinski definition) is 7. The molecule has 0 N–H and O–H groups in total. The highest BCUT2D eigenvalue weighted by Crippen LogP contribution is 2.38. The molecule has 0 unspecified atom stereocenters. The fraction of sp³-hybridized carbons (Fsp3) is 0.435. The van der Waals surface area contributed by atoms with Crippen LogP contribution in [0.5, 0.6) is 17.2 Å². The Kier molecular flexibility index (Phi) is 7.33. The van der Waals surface area contributed by atoms with Crippen molar-refractivity contribution in [3.63, 3.8) is 0 Å². The van der Waals surface area contributed by atoms with Gasteiger partial charge in [0.15, 0.2) is 11.5 Å². The lowest BCUT2D eigenvalue weighted by atomic mass is 10.1. The first kappa shape index (κ1) is 22.4. The molecule has 0 radical (unpaired) electrons. The number of carbonyl (C=O) groups excluding carboxylic acids is 2. The van der Waals surface area contributed by atoms with Gasteiger partial charge in [-0.15, -0.1) is 0 Å². The standard InChI is InChI=1S/C23H28N2O6/c1-5-30-23(27)17-9-10-18(24-15(17)2)22(26)25-13-11-16(12-14-25)31-21-19(28-3)7-6-8-20(21)29-4/h6-10,16H,5,11-14H2,1-4H3. The van der Waals surface area contributed by atoms with Crippen LogP contribution in [-0.2, 0) is 4.74 Å². The fourth-order valence-electron chi connectivity index (χ4n) is 3.54. The molecular formula is C23H28N2O6. The van der Waals surface area contributed by atoms with Gasteiger partial charge in [0.05, 0.1) is 32.1 Å². The predicted octanol–water partition coefficient (Wildman–Crippen LogP) is 3.27. The molecular weight excluding hydrogens is 400 g/mol. The van der Waals surface area contributed by atoms with Crippen molar-refractivity contribution >= 4 is 11.9 Å². The summed E-state index contributed by atoms with van der Waals surface area (Å²) in [5.41, 5.74) is 1.17. The Balaban J connectivity index is 1.63. The Morgan fingerprint density at radius 2 is 1.71 bits per heavy atom. The number of aryl methyl sites for hydroxylation is 1. The average Bonchev–Trinajstić information content (AvgIpc) is 2.79. The number of carbonyl (C=O) groups is 2. The van der Waals surface area contributed by atoms with Gasteiger partial charge in [0.25, 0.3) is 5.91 Å². The Labute approximate surface area is 182 Å². The number of rotatable bonds is 7. The second kappa shape index (κ2) is 10.1. The molecule has 1 aromatic heterocycles. The van der Waals surface area contributed by atoms with Crippen LogP contribution in [0.2, 0.25) is 0 Å². The van der Waals surface area contributed by atoms with Gasteiger partial charge in [0.1, 0.15) is 11.8 Å². The van der Waals surface area contributed by atoms with Crippen molar-refractivity contribution in [1.29, 1.82) is 0 Å². The van der Waals surface area contributed by atoms with Crippen molar-refractivity contribution in [2.24, 2.45) is 0 Å². The normalized spacial score (nSPS) is 14.1. The van der Waals surface area contributed by atoms with Crippen molar-refractivity contribution in [2.75, 3.05) is 33.9 Å². The van der Waals surface area contributed by atoms with Gasteiger partial charge in [-0.3, -0.25) is 4.79 Å². The quantitative estimate of drug-likeness (QED) is 0.626. The zero-order chi connectivity index (χ0) is 22.4. The number of nitrogens with zero attached hydrogens (tertiary/aromatic N) is 2. The minimum atomic E-state index is -0.434. The summed E-state index contributed by atoms with van der Waals surface area (Å²) in [6.07, 6.45) is 1.29. The molecule has 2 heterocycles. The van der Waals surface area contributed by atoms with Gasteiger partial charge in [-0.25, -0.2) is 9.78 Å². The Morgan fingerprint density at radius 3 is 2.26 bits per heavy atom. The number of para-hydroxylation sites is 1. The van der Waals surface area contributed by atoms with E-state index in [1.165, 1.54) is 0 Å². The van der Waals surface area contributed by atoms with Crippen molar-refractivity contribution in [2.45, 2.75) is 32.8 Å². The molecule has 166 valence electrons. The number of likely N-dealkylation sites (tertiary alicyclic amines) is 1. The largest absolute Gasteiger partial charge is 0.493 e. The number of amides is 1. The lowest BCUT2D eigenvalue weighted by Crippen LogP contribution is -2.42. The Hall–Kier alpha value is -3.29. The van der Waals surface area contributed by atoms with Crippen LogP contribution in [0.3, 0.4) is 0 Å². The van der Waals surface area contributed by atoms with E-state index in [2.05, 4.69) is 4.98 Å². The van der Waals surface area contributed by atoms with Crippen molar-refractivity contribution in [3.8, 4) is 17.2 Å². The number of benzene rings is 1. The summed E-state index contributed by atoms with van der Waals surface area (Å²) in [6.45, 7) is 4.82. The summed E-state index contributed by atoms with van der Waals surface area (Å²) in [4.78, 5) is 30.9. The third kappa shape index (κ3) is 5.07. The molecule has 8 heteroatoms. The number of ether oxygens (including phenoxy) is 4. The minimum absolute atomic E-state index is 0.0601. The van der Waals surface area contributed by atoms with E-state index in [4.69, 9.17) is 18.9 Å². The first-order valence-corrected chi connectivity index (χ1v) is 10.3. The maximum atomic E-state index is 12.9. The van der Waals surface area contributed by atoms with Gasteiger partial charge in [0.2, 0.25) is 5.75 Å². The summed E-state index contributed by atoms with van der Waals surface area (Å²) in [7, 11) is 3.18. The molecule has 0 saturated carbocycles. The molecule has 1 aromatic carbocycles. The highest BCUT2D eigenvalue weighted by atomic mass is 16.5. The van der Waals surface area contributed by atoms with Gasteiger partial charge in [-0.1, -0.05) is 6.07 Å². The van der Waals surface area contributed by atoms with E-state index in [0.29, 0.717) is 60.1 Å². The summed E-state index contributed by atoms with van der Waals surface area (Å²) in [5.74, 6) is 1.20. The van der Waals surface area contributed by atoms with E-state index >= 15 is 0 Å². The smallest absolute Gasteiger partial charge is 0.339 e. The summed E-state index contributed by atoms with van der Waals surface area (Å²) in [5, 5.41) is 0. The molecule has 1 fully saturated rings. The highest BCUT2D eigenvalue weighted by molar-refractivity contribution is 5.95. The van der Waals surface area contributed by atoms with Crippen LogP contribution in [0.15, 0.2) is 30.3 Å². The van der Waals surface area contributed by atoms with Crippen molar-refractivity contribution in [1.82, 2.24) is 9.88 Å². The van der Waals surface area contributed by atoms with E-state index in [-0.39, 0.29) is 18.6 Å². The molecule has 1 amide bonds. The zero-order valence-electron chi connectivity index (χ0n) is 18.3. The summed E-state index contributed by atoms with van der Waals surface area (Å²) < 4.78 is 22.0. The molecule has 0 aliphatic carbocycles. The van der Waals surface area contributed by atoms with Gasteiger partial charge >= 0.3 is 5.97 Å². The van der Waals surface area contributed by atoms with Crippen LogP contribution in [0.25, 0.3) is 0 Å². The molecule has 1 aliphatic rings. The topological polar surface area (TPSA) is 87.2 Å². The lowest BCUT2D eigenvalue weighted by Gasteiger charge is -2.32. The SMILES string of the molecule is CCOC(=O)c1ccc(C(=O)N2CCC(Oc3c(OC)cccc3OC)CC2)nc1C. The van der Waals surface area contributed by atoms with E-state index in [1.54, 1.807) is 45.1 Å². The number of esters is 1. The third-order valence-electron chi connectivity index (χ3n) is 5.20. The van der Waals surface area contributed by atoms with Gasteiger partial charge in [-0.2, -0.15) is 0 Å². The van der Waals surface area contributed by atoms with E-state index in [1.807, 2.05) is 18.2 Å². The molecule has 1 aliphatic heterocycles. The maximum Gasteiger partial charge on any atom is 0.339 e. The third-order valence-corrected chi connectivity index (χ3v) is 5.20. The van der Waals surface area contributed by atoms with Crippen LogP contribution in [0, 0.1) is 6.92 Å². The Morgan fingerprint density at radius 1 is 1.06 bits per heavy atom. The first-order valence-electron chi connectivity index (χ1n) is 10.3. The summed E-state index contributed by atoms with van der Waals surface area (Å²) in [6, 6.07) is 8.66. The molecule has 8 nitrogen and oxygen atoms in total. The molecule has 1 saturated heterocycles. The average molecular weight is 428 g/mol. The number of aromatic nitrogens is 1. The first-order chi connectivity index (χ1) is 15.0. The number of piperidine rings is 1. The van der Waals surface area contributed by atoms with E-state index in [0.717, 1.165) is 0 Å². The van der Waals surface area contributed by atoms with Gasteiger partial charge in [-0.05, 0) is 38.1 Å². The van der Waals surface area contributed by atoms with E-state index in [9.17, 15) is 9.59 Å². The van der Waals surface area contributed by atoms with Crippen LogP contribution < -0.4 is 14.2 Å². The molecule has 2 aromatic rings.